The van der Waals surface area contributed by atoms with Crippen molar-refractivity contribution < 1.29 is 23.0 Å². The van der Waals surface area contributed by atoms with E-state index in [2.05, 4.69) is 37.0 Å². The van der Waals surface area contributed by atoms with Gasteiger partial charge in [-0.3, -0.25) is 14.6 Å². The molecule has 2 aromatic heterocycles. The van der Waals surface area contributed by atoms with Gasteiger partial charge in [-0.15, -0.1) is 13.9 Å². The first kappa shape index (κ1) is 16.7. The molecule has 1 fully saturated rings. The van der Waals surface area contributed by atoms with Gasteiger partial charge in [-0.25, -0.2) is 0 Å². The van der Waals surface area contributed by atoms with Crippen molar-refractivity contribution in [2.24, 2.45) is 7.05 Å². The highest BCUT2D eigenvalue weighted by molar-refractivity contribution is 6.20. The molecular formula is C13H13ClF2N5O3. The van der Waals surface area contributed by atoms with E-state index in [1.165, 1.54) is 7.05 Å². The summed E-state index contributed by atoms with van der Waals surface area (Å²) >= 11 is 4.67. The number of amides is 1. The fourth-order valence-electron chi connectivity index (χ4n) is 2.26. The Morgan fingerprint density at radius 1 is 1.58 bits per heavy atom. The zero-order valence-corrected chi connectivity index (χ0v) is 13.2. The summed E-state index contributed by atoms with van der Waals surface area (Å²) in [5.41, 5.74) is -3.17. The lowest BCUT2D eigenvalue weighted by atomic mass is 10.2. The summed E-state index contributed by atoms with van der Waals surface area (Å²) < 4.78 is 35.9. The van der Waals surface area contributed by atoms with Crippen LogP contribution < -0.4 is 10.1 Å². The van der Waals surface area contributed by atoms with Crippen molar-refractivity contribution in [2.75, 3.05) is 11.9 Å². The molecule has 0 saturated carbocycles. The molecule has 0 aromatic carbocycles. The number of nitrogens with one attached hydrogen (secondary N) is 2. The quantitative estimate of drug-likeness (QED) is 0.797. The van der Waals surface area contributed by atoms with Gasteiger partial charge in [-0.1, -0.05) is 0 Å². The van der Waals surface area contributed by atoms with Gasteiger partial charge in [0.2, 0.25) is 5.88 Å². The van der Waals surface area contributed by atoms with Gasteiger partial charge >= 0.3 is 5.57 Å². The Morgan fingerprint density at radius 3 is 3.04 bits per heavy atom. The molecule has 1 aliphatic rings. The summed E-state index contributed by atoms with van der Waals surface area (Å²) in [5.74, 6) is -0.785. The molecule has 1 saturated heterocycles. The lowest BCUT2D eigenvalue weighted by Gasteiger charge is -2.05. The van der Waals surface area contributed by atoms with Crippen LogP contribution in [0.1, 0.15) is 28.7 Å². The molecule has 0 unspecified atom stereocenters. The van der Waals surface area contributed by atoms with E-state index in [0.29, 0.717) is 6.61 Å². The number of anilines is 1. The predicted octanol–water partition coefficient (Wildman–Crippen LogP) is 2.23. The molecule has 0 spiro atoms. The molecular weight excluding hydrogens is 348 g/mol. The summed E-state index contributed by atoms with van der Waals surface area (Å²) in [6.07, 6.45) is 2.63. The first-order chi connectivity index (χ1) is 11.3. The van der Waals surface area contributed by atoms with Crippen LogP contribution in [-0.2, 0) is 11.8 Å². The van der Waals surface area contributed by atoms with Crippen LogP contribution >= 0.6 is 11.6 Å². The Bertz CT molecular complexity index is 736. The van der Waals surface area contributed by atoms with Crippen molar-refractivity contribution in [1.29, 1.82) is 0 Å². The second-order valence-electron chi connectivity index (χ2n) is 5.05. The predicted molar refractivity (Wildman–Crippen MR) is 78.8 cm³/mol. The fraction of sp³-hybridized carbons (Fsp3) is 0.385. The number of aromatic nitrogens is 4. The number of H-pyrrole nitrogens is 1. The van der Waals surface area contributed by atoms with Gasteiger partial charge in [0, 0.05) is 30.8 Å². The van der Waals surface area contributed by atoms with Crippen LogP contribution in [0.15, 0.2) is 12.1 Å². The fourth-order valence-corrected chi connectivity index (χ4v) is 2.34. The summed E-state index contributed by atoms with van der Waals surface area (Å²) in [6, 6.07) is 2.69. The molecule has 24 heavy (non-hydrogen) atoms. The average molecular weight is 361 g/mol. The number of aryl methyl sites for hydroxylation is 1. The number of rotatable bonds is 5. The topological polar surface area (TPSA) is 94.1 Å². The number of hydrogen-bond acceptors (Lipinski definition) is 5. The third-order valence-electron chi connectivity index (χ3n) is 3.29. The number of alkyl halides is 3. The minimum absolute atomic E-state index is 0.000849. The molecule has 0 aliphatic carbocycles. The second kappa shape index (κ2) is 6.36. The molecule has 0 bridgehead atoms. The monoisotopic (exact) mass is 360 g/mol. The van der Waals surface area contributed by atoms with Crippen LogP contribution in [0.4, 0.5) is 14.6 Å². The van der Waals surface area contributed by atoms with E-state index < -0.39 is 17.4 Å². The standard InChI is InChI=1S/C13H13ClF2N5O3/c1-21-8(6-11(20-21)24-13(14,15)16)12(22)17-10-5-7(18-19-10)9-3-2-4-23-9/h2,5-6,9H,3-4H2,1H3,(H2,17,18,19,22)/t9-/m0/s1. The van der Waals surface area contributed by atoms with Crippen LogP contribution in [0.5, 0.6) is 5.88 Å². The van der Waals surface area contributed by atoms with Gasteiger partial charge in [-0.05, 0) is 12.8 Å². The molecule has 11 heteroatoms. The van der Waals surface area contributed by atoms with E-state index in [0.717, 1.165) is 22.9 Å². The van der Waals surface area contributed by atoms with E-state index in [4.69, 9.17) is 4.74 Å². The minimum Gasteiger partial charge on any atom is -0.400 e. The Kier molecular flexibility index (Phi) is 4.41. The first-order valence-corrected chi connectivity index (χ1v) is 7.29. The zero-order chi connectivity index (χ0) is 17.3. The molecule has 2 aromatic rings. The van der Waals surface area contributed by atoms with Crippen LogP contribution in [0, 0.1) is 6.42 Å². The maximum Gasteiger partial charge on any atom is 0.488 e. The maximum absolute atomic E-state index is 12.6. The molecule has 3 rings (SSSR count). The van der Waals surface area contributed by atoms with Gasteiger partial charge in [0.05, 0.1) is 18.4 Å². The number of ether oxygens (including phenoxy) is 2. The molecule has 1 atom stereocenters. The SMILES string of the molecule is Cn1nc(OC(F)(F)Cl)cc1C(=O)Nc1cc([C@@H]2C[CH]CO2)[nH]n1. The number of carbonyl (C=O) groups is 1. The van der Waals surface area contributed by atoms with Crippen molar-refractivity contribution in [3.8, 4) is 5.88 Å². The molecule has 8 nitrogen and oxygen atoms in total. The van der Waals surface area contributed by atoms with Crippen molar-refractivity contribution in [1.82, 2.24) is 20.0 Å². The van der Waals surface area contributed by atoms with Crippen molar-refractivity contribution in [2.45, 2.75) is 18.1 Å². The Hall–Kier alpha value is -2.20. The first-order valence-electron chi connectivity index (χ1n) is 6.91. The summed E-state index contributed by atoms with van der Waals surface area (Å²) in [6.45, 7) is 0.564. The average Bonchev–Trinajstić information content (AvgIpc) is 3.17. The van der Waals surface area contributed by atoms with Crippen LogP contribution in [0.2, 0.25) is 0 Å². The second-order valence-corrected chi connectivity index (χ2v) is 5.49. The van der Waals surface area contributed by atoms with Gasteiger partial charge in [0.25, 0.3) is 5.91 Å². The van der Waals surface area contributed by atoms with Crippen molar-refractivity contribution in [3.05, 3.63) is 29.9 Å². The van der Waals surface area contributed by atoms with Crippen LogP contribution in [-0.4, -0.2) is 38.1 Å². The summed E-state index contributed by atoms with van der Waals surface area (Å²) in [5, 5.41) is 12.9. The number of hydrogen-bond donors (Lipinski definition) is 2. The van der Waals surface area contributed by atoms with E-state index >= 15 is 0 Å². The Morgan fingerprint density at radius 2 is 2.38 bits per heavy atom. The molecule has 1 aliphatic heterocycles. The number of nitrogens with zero attached hydrogens (tertiary/aromatic N) is 3. The van der Waals surface area contributed by atoms with Crippen molar-refractivity contribution >= 4 is 23.3 Å². The van der Waals surface area contributed by atoms with E-state index in [1.807, 2.05) is 6.42 Å². The molecule has 3 heterocycles. The third kappa shape index (κ3) is 3.82. The summed E-state index contributed by atoms with van der Waals surface area (Å²) in [7, 11) is 1.41. The van der Waals surface area contributed by atoms with Gasteiger partial charge in [0.1, 0.15) is 5.69 Å². The van der Waals surface area contributed by atoms with E-state index in [9.17, 15) is 13.6 Å². The summed E-state index contributed by atoms with van der Waals surface area (Å²) in [4.78, 5) is 12.2. The molecule has 129 valence electrons. The molecule has 1 amide bonds. The lowest BCUT2D eigenvalue weighted by molar-refractivity contribution is -0.0993. The highest BCUT2D eigenvalue weighted by atomic mass is 35.5. The number of aromatic amines is 1. The Balaban J connectivity index is 1.68. The maximum atomic E-state index is 12.6. The van der Waals surface area contributed by atoms with Crippen LogP contribution in [0.3, 0.4) is 0 Å². The molecule has 1 radical (unpaired) electrons. The van der Waals surface area contributed by atoms with Gasteiger partial charge in [0.15, 0.2) is 5.82 Å². The van der Waals surface area contributed by atoms with Crippen LogP contribution in [0.25, 0.3) is 0 Å². The highest BCUT2D eigenvalue weighted by Crippen LogP contribution is 2.28. The number of halogens is 3. The smallest absolute Gasteiger partial charge is 0.400 e. The van der Waals surface area contributed by atoms with Gasteiger partial charge in [-0.2, -0.15) is 5.10 Å². The molecule has 2 N–H and O–H groups in total. The largest absolute Gasteiger partial charge is 0.488 e. The minimum atomic E-state index is -3.91. The third-order valence-corrected chi connectivity index (χ3v) is 3.37. The van der Waals surface area contributed by atoms with E-state index in [-0.39, 0.29) is 17.6 Å². The highest BCUT2D eigenvalue weighted by Gasteiger charge is 2.30. The van der Waals surface area contributed by atoms with Gasteiger partial charge < -0.3 is 14.8 Å². The van der Waals surface area contributed by atoms with Crippen molar-refractivity contribution in [3.63, 3.8) is 0 Å². The normalized spacial score (nSPS) is 17.9. The zero-order valence-electron chi connectivity index (χ0n) is 12.4. The lowest BCUT2D eigenvalue weighted by Crippen LogP contribution is -2.16. The van der Waals surface area contributed by atoms with E-state index in [1.54, 1.807) is 6.07 Å². The number of carbonyl (C=O) groups excluding carboxylic acids is 1. The Labute approximate surface area is 140 Å².